The van der Waals surface area contributed by atoms with E-state index < -0.39 is 0 Å². The minimum absolute atomic E-state index is 0.443. The zero-order valence-electron chi connectivity index (χ0n) is 9.04. The summed E-state index contributed by atoms with van der Waals surface area (Å²) >= 11 is 0. The number of aromatic nitrogens is 2. The molecule has 0 aromatic carbocycles. The second-order valence-electron chi connectivity index (χ2n) is 3.37. The third-order valence-electron chi connectivity index (χ3n) is 2.34. The molecule has 4 heteroatoms. The van der Waals surface area contributed by atoms with Crippen LogP contribution in [0.5, 0.6) is 0 Å². The number of hydrogen-bond acceptors (Lipinski definition) is 4. The van der Waals surface area contributed by atoms with Gasteiger partial charge in [-0.05, 0) is 29.8 Å². The number of nitriles is 1. The molecule has 82 valence electrons. The van der Waals surface area contributed by atoms with Gasteiger partial charge in [0.05, 0.1) is 11.3 Å². The summed E-state index contributed by atoms with van der Waals surface area (Å²) in [5.41, 5.74) is 8.43. The van der Waals surface area contributed by atoms with Gasteiger partial charge in [-0.25, -0.2) is 0 Å². The first-order chi connectivity index (χ1) is 8.33. The largest absolute Gasteiger partial charge is 0.397 e. The summed E-state index contributed by atoms with van der Waals surface area (Å²) in [5.74, 6) is 0. The molecule has 0 bridgehead atoms. The van der Waals surface area contributed by atoms with Crippen LogP contribution in [0.2, 0.25) is 0 Å². The highest BCUT2D eigenvalue weighted by molar-refractivity contribution is 5.95. The molecular formula is C13H10N4. The maximum Gasteiger partial charge on any atom is 0.102 e. The van der Waals surface area contributed by atoms with Crippen molar-refractivity contribution in [2.75, 3.05) is 0 Å². The van der Waals surface area contributed by atoms with Crippen molar-refractivity contribution in [1.29, 1.82) is 5.26 Å². The van der Waals surface area contributed by atoms with E-state index in [0.29, 0.717) is 11.3 Å². The predicted octanol–water partition coefficient (Wildman–Crippen LogP) is 1.83. The third kappa shape index (κ3) is 2.29. The fraction of sp³-hybridized carbons (Fsp3) is 0. The van der Waals surface area contributed by atoms with Crippen LogP contribution < -0.4 is 5.73 Å². The lowest BCUT2D eigenvalue weighted by atomic mass is 10.0. The first-order valence-electron chi connectivity index (χ1n) is 5.03. The summed E-state index contributed by atoms with van der Waals surface area (Å²) in [4.78, 5) is 7.83. The van der Waals surface area contributed by atoms with Crippen LogP contribution in [0.3, 0.4) is 0 Å². The molecular weight excluding hydrogens is 212 g/mol. The van der Waals surface area contributed by atoms with Gasteiger partial charge >= 0.3 is 0 Å². The standard InChI is InChI=1S/C13H10N4/c14-9-12(10-1-5-16-6-2-10)13(15)11-3-7-17-8-4-11/h1-8H,15H2/b13-12-. The van der Waals surface area contributed by atoms with E-state index >= 15 is 0 Å². The Morgan fingerprint density at radius 3 is 1.88 bits per heavy atom. The van der Waals surface area contributed by atoms with Gasteiger partial charge in [0.2, 0.25) is 0 Å². The van der Waals surface area contributed by atoms with Crippen molar-refractivity contribution in [2.45, 2.75) is 0 Å². The highest BCUT2D eigenvalue weighted by Gasteiger charge is 2.07. The molecule has 2 aromatic rings. The molecule has 2 rings (SSSR count). The van der Waals surface area contributed by atoms with Gasteiger partial charge in [0.1, 0.15) is 6.07 Å². The number of nitrogens with zero attached hydrogens (tertiary/aromatic N) is 3. The fourth-order valence-electron chi connectivity index (χ4n) is 1.47. The average molecular weight is 222 g/mol. The van der Waals surface area contributed by atoms with Gasteiger partial charge in [0, 0.05) is 30.4 Å². The lowest BCUT2D eigenvalue weighted by Gasteiger charge is -2.05. The summed E-state index contributed by atoms with van der Waals surface area (Å²) in [6.45, 7) is 0. The van der Waals surface area contributed by atoms with Crippen LogP contribution in [-0.2, 0) is 0 Å². The molecule has 0 unspecified atom stereocenters. The van der Waals surface area contributed by atoms with Gasteiger partial charge in [-0.2, -0.15) is 5.26 Å². The second-order valence-corrected chi connectivity index (χ2v) is 3.37. The highest BCUT2D eigenvalue weighted by atomic mass is 14.6. The van der Waals surface area contributed by atoms with Gasteiger partial charge in [-0.15, -0.1) is 0 Å². The Hall–Kier alpha value is -2.67. The number of nitrogens with two attached hydrogens (primary N) is 1. The summed E-state index contributed by atoms with van der Waals surface area (Å²) in [6.07, 6.45) is 6.55. The molecule has 17 heavy (non-hydrogen) atoms. The average Bonchev–Trinajstić information content (AvgIpc) is 2.42. The van der Waals surface area contributed by atoms with E-state index in [4.69, 9.17) is 5.73 Å². The van der Waals surface area contributed by atoms with E-state index in [1.165, 1.54) is 0 Å². The normalized spacial score (nSPS) is 11.5. The molecule has 2 aromatic heterocycles. The van der Waals surface area contributed by atoms with Crippen molar-refractivity contribution in [3.05, 3.63) is 60.2 Å². The molecule has 0 spiro atoms. The molecule has 2 N–H and O–H groups in total. The van der Waals surface area contributed by atoms with E-state index in [0.717, 1.165) is 11.1 Å². The van der Waals surface area contributed by atoms with Crippen LogP contribution >= 0.6 is 0 Å². The molecule has 0 amide bonds. The molecule has 0 saturated heterocycles. The molecule has 0 aliphatic carbocycles. The molecule has 0 radical (unpaired) electrons. The lowest BCUT2D eigenvalue weighted by molar-refractivity contribution is 1.30. The van der Waals surface area contributed by atoms with Crippen LogP contribution in [0.15, 0.2) is 49.1 Å². The van der Waals surface area contributed by atoms with E-state index in [1.54, 1.807) is 49.1 Å². The van der Waals surface area contributed by atoms with Crippen LogP contribution in [0.1, 0.15) is 11.1 Å². The maximum atomic E-state index is 9.19. The topological polar surface area (TPSA) is 75.6 Å². The Balaban J connectivity index is 2.53. The van der Waals surface area contributed by atoms with Gasteiger partial charge in [0.25, 0.3) is 0 Å². The smallest absolute Gasteiger partial charge is 0.102 e. The maximum absolute atomic E-state index is 9.19. The molecule has 0 saturated carbocycles. The zero-order chi connectivity index (χ0) is 12.1. The van der Waals surface area contributed by atoms with Gasteiger partial charge in [0.15, 0.2) is 0 Å². The summed E-state index contributed by atoms with van der Waals surface area (Å²) in [6, 6.07) is 9.18. The highest BCUT2D eigenvalue weighted by Crippen LogP contribution is 2.20. The van der Waals surface area contributed by atoms with Crippen molar-refractivity contribution in [1.82, 2.24) is 9.97 Å². The van der Waals surface area contributed by atoms with E-state index in [2.05, 4.69) is 16.0 Å². The number of allylic oxidation sites excluding steroid dienone is 1. The van der Waals surface area contributed by atoms with Gasteiger partial charge in [-0.1, -0.05) is 0 Å². The third-order valence-corrected chi connectivity index (χ3v) is 2.34. The molecule has 0 fully saturated rings. The van der Waals surface area contributed by atoms with Crippen molar-refractivity contribution < 1.29 is 0 Å². The Morgan fingerprint density at radius 1 is 0.941 bits per heavy atom. The van der Waals surface area contributed by atoms with Crippen molar-refractivity contribution in [2.24, 2.45) is 5.73 Å². The van der Waals surface area contributed by atoms with Crippen molar-refractivity contribution in [3.8, 4) is 6.07 Å². The molecule has 0 atom stereocenters. The van der Waals surface area contributed by atoms with E-state index in [9.17, 15) is 5.26 Å². The van der Waals surface area contributed by atoms with Crippen LogP contribution in [0.25, 0.3) is 11.3 Å². The van der Waals surface area contributed by atoms with Crippen LogP contribution in [-0.4, -0.2) is 9.97 Å². The summed E-state index contributed by atoms with van der Waals surface area (Å²) in [5, 5.41) is 9.19. The van der Waals surface area contributed by atoms with Crippen LogP contribution in [0, 0.1) is 11.3 Å². The Kier molecular flexibility index (Phi) is 3.13. The first kappa shape index (κ1) is 10.8. The lowest BCUT2D eigenvalue weighted by Crippen LogP contribution is -2.00. The first-order valence-corrected chi connectivity index (χ1v) is 5.03. The minimum Gasteiger partial charge on any atom is -0.397 e. The monoisotopic (exact) mass is 222 g/mol. The quantitative estimate of drug-likeness (QED) is 0.786. The fourth-order valence-corrected chi connectivity index (χ4v) is 1.47. The Labute approximate surface area is 99.1 Å². The number of rotatable bonds is 2. The zero-order valence-corrected chi connectivity index (χ0v) is 9.04. The van der Waals surface area contributed by atoms with Gasteiger partial charge in [-0.3, -0.25) is 9.97 Å². The number of pyridine rings is 2. The van der Waals surface area contributed by atoms with E-state index in [1.807, 2.05) is 0 Å². The molecule has 2 heterocycles. The summed E-state index contributed by atoms with van der Waals surface area (Å²) in [7, 11) is 0. The van der Waals surface area contributed by atoms with Crippen LogP contribution in [0.4, 0.5) is 0 Å². The van der Waals surface area contributed by atoms with Gasteiger partial charge < -0.3 is 5.73 Å². The Morgan fingerprint density at radius 2 is 1.41 bits per heavy atom. The van der Waals surface area contributed by atoms with E-state index in [-0.39, 0.29) is 0 Å². The number of hydrogen-bond donors (Lipinski definition) is 1. The summed E-state index contributed by atoms with van der Waals surface area (Å²) < 4.78 is 0. The molecule has 0 aliphatic heterocycles. The Bertz CT molecular complexity index is 567. The SMILES string of the molecule is N#C/C(=C(/N)c1ccncc1)c1ccncc1. The van der Waals surface area contributed by atoms with Crippen molar-refractivity contribution >= 4 is 11.3 Å². The molecule has 4 nitrogen and oxygen atoms in total. The van der Waals surface area contributed by atoms with Crippen molar-refractivity contribution in [3.63, 3.8) is 0 Å². The molecule has 0 aliphatic rings. The second kappa shape index (κ2) is 4.90. The minimum atomic E-state index is 0.443. The predicted molar refractivity (Wildman–Crippen MR) is 65.1 cm³/mol.